The van der Waals surface area contributed by atoms with E-state index in [9.17, 15) is 4.79 Å². The summed E-state index contributed by atoms with van der Waals surface area (Å²) in [4.78, 5) is 25.6. The van der Waals surface area contributed by atoms with Crippen LogP contribution in [-0.4, -0.2) is 64.1 Å². The lowest BCUT2D eigenvalue weighted by Gasteiger charge is -2.37. The van der Waals surface area contributed by atoms with E-state index in [0.29, 0.717) is 42.9 Å². The van der Waals surface area contributed by atoms with E-state index in [1.807, 2.05) is 27.0 Å². The second kappa shape index (κ2) is 7.18. The van der Waals surface area contributed by atoms with Crippen LogP contribution in [-0.2, 0) is 0 Å². The minimum absolute atomic E-state index is 0.0923. The van der Waals surface area contributed by atoms with Crippen LogP contribution < -0.4 is 4.74 Å². The zero-order valence-corrected chi connectivity index (χ0v) is 15.0. The highest BCUT2D eigenvalue weighted by molar-refractivity contribution is 5.96. The molecule has 1 aliphatic heterocycles. The monoisotopic (exact) mass is 345 g/mol. The fraction of sp³-hybridized carbons (Fsp3) is 0.529. The second-order valence-electron chi connectivity index (χ2n) is 6.17. The van der Waals surface area contributed by atoms with Gasteiger partial charge in [0.05, 0.1) is 6.61 Å². The second-order valence-corrected chi connectivity index (χ2v) is 6.17. The highest BCUT2D eigenvalue weighted by Crippen LogP contribution is 2.25. The van der Waals surface area contributed by atoms with E-state index >= 15 is 0 Å². The van der Waals surface area contributed by atoms with Crippen molar-refractivity contribution >= 4 is 5.91 Å². The molecule has 0 saturated carbocycles. The third kappa shape index (κ3) is 3.63. The van der Waals surface area contributed by atoms with Gasteiger partial charge in [-0.1, -0.05) is 5.16 Å². The number of hydrogen-bond donors (Lipinski definition) is 0. The van der Waals surface area contributed by atoms with E-state index in [0.717, 1.165) is 12.2 Å². The summed E-state index contributed by atoms with van der Waals surface area (Å²) in [5.41, 5.74) is 1.30. The van der Waals surface area contributed by atoms with Crippen molar-refractivity contribution in [3.8, 4) is 5.88 Å². The Balaban J connectivity index is 1.83. The Hall–Kier alpha value is -2.48. The first-order valence-electron chi connectivity index (χ1n) is 8.39. The van der Waals surface area contributed by atoms with Gasteiger partial charge in [-0.05, 0) is 40.0 Å². The standard InChI is InChI=1S/C17H23N5O3/c1-5-24-15-13(7-6-11(2)18-15)17(23)22-9-8-21(4)14(10-22)16-19-12(3)20-25-16/h6-7,14H,5,8-10H2,1-4H3. The van der Waals surface area contributed by atoms with E-state index in [-0.39, 0.29) is 11.9 Å². The average molecular weight is 345 g/mol. The number of likely N-dealkylation sites (N-methyl/N-ethyl adjacent to an activating group) is 1. The first kappa shape index (κ1) is 17.3. The SMILES string of the molecule is CCOc1nc(C)ccc1C(=O)N1CCN(C)C(c2nc(C)no2)C1. The Morgan fingerprint density at radius 3 is 2.80 bits per heavy atom. The van der Waals surface area contributed by atoms with Crippen molar-refractivity contribution in [1.29, 1.82) is 0 Å². The van der Waals surface area contributed by atoms with Gasteiger partial charge in [0.25, 0.3) is 5.91 Å². The Morgan fingerprint density at radius 2 is 2.12 bits per heavy atom. The quantitative estimate of drug-likeness (QED) is 0.832. The van der Waals surface area contributed by atoms with Gasteiger partial charge in [-0.25, -0.2) is 4.98 Å². The number of carbonyl (C=O) groups is 1. The summed E-state index contributed by atoms with van der Waals surface area (Å²) in [5, 5.41) is 3.86. The highest BCUT2D eigenvalue weighted by atomic mass is 16.5. The normalized spacial score (nSPS) is 18.4. The van der Waals surface area contributed by atoms with E-state index in [1.165, 1.54) is 0 Å². The average Bonchev–Trinajstić information content (AvgIpc) is 3.01. The summed E-state index contributed by atoms with van der Waals surface area (Å²) < 4.78 is 10.9. The van der Waals surface area contributed by atoms with Gasteiger partial charge in [0.1, 0.15) is 11.6 Å². The molecule has 1 fully saturated rings. The van der Waals surface area contributed by atoms with Crippen molar-refractivity contribution < 1.29 is 14.1 Å². The van der Waals surface area contributed by atoms with Crippen molar-refractivity contribution in [2.24, 2.45) is 0 Å². The molecular weight excluding hydrogens is 322 g/mol. The van der Waals surface area contributed by atoms with E-state index in [2.05, 4.69) is 20.0 Å². The Kier molecular flexibility index (Phi) is 4.98. The van der Waals surface area contributed by atoms with Crippen LogP contribution in [0.25, 0.3) is 0 Å². The lowest BCUT2D eigenvalue weighted by Crippen LogP contribution is -2.49. The topological polar surface area (TPSA) is 84.6 Å². The van der Waals surface area contributed by atoms with Crippen molar-refractivity contribution in [3.63, 3.8) is 0 Å². The first-order valence-corrected chi connectivity index (χ1v) is 8.39. The number of hydrogen-bond acceptors (Lipinski definition) is 7. The van der Waals surface area contributed by atoms with Crippen LogP contribution in [0, 0.1) is 13.8 Å². The van der Waals surface area contributed by atoms with E-state index < -0.39 is 0 Å². The molecule has 0 radical (unpaired) electrons. The number of amides is 1. The number of carbonyl (C=O) groups excluding carboxylic acids is 1. The van der Waals surface area contributed by atoms with Gasteiger partial charge in [-0.15, -0.1) is 0 Å². The fourth-order valence-corrected chi connectivity index (χ4v) is 2.89. The van der Waals surface area contributed by atoms with E-state index in [4.69, 9.17) is 9.26 Å². The first-order chi connectivity index (χ1) is 12.0. The summed E-state index contributed by atoms with van der Waals surface area (Å²) >= 11 is 0. The molecule has 3 heterocycles. The summed E-state index contributed by atoms with van der Waals surface area (Å²) in [6.07, 6.45) is 0. The smallest absolute Gasteiger partial charge is 0.259 e. The van der Waals surface area contributed by atoms with Gasteiger partial charge in [-0.2, -0.15) is 4.98 Å². The van der Waals surface area contributed by atoms with Crippen LogP contribution in [0.2, 0.25) is 0 Å². The molecule has 1 atom stereocenters. The maximum Gasteiger partial charge on any atom is 0.259 e. The number of aromatic nitrogens is 3. The van der Waals surface area contributed by atoms with Crippen LogP contribution in [0.4, 0.5) is 0 Å². The van der Waals surface area contributed by atoms with Crippen molar-refractivity contribution in [2.75, 3.05) is 33.3 Å². The predicted molar refractivity (Wildman–Crippen MR) is 90.5 cm³/mol. The molecule has 1 saturated heterocycles. The minimum atomic E-state index is -0.118. The van der Waals surface area contributed by atoms with Gasteiger partial charge in [-0.3, -0.25) is 9.69 Å². The maximum atomic E-state index is 13.0. The van der Waals surface area contributed by atoms with Crippen LogP contribution in [0.5, 0.6) is 5.88 Å². The third-order valence-corrected chi connectivity index (χ3v) is 4.27. The summed E-state index contributed by atoms with van der Waals surface area (Å²) in [6, 6.07) is 3.48. The molecule has 1 amide bonds. The zero-order chi connectivity index (χ0) is 18.0. The lowest BCUT2D eigenvalue weighted by molar-refractivity contribution is 0.0485. The Labute approximate surface area is 146 Å². The summed E-state index contributed by atoms with van der Waals surface area (Å²) in [5.74, 6) is 1.42. The highest BCUT2D eigenvalue weighted by Gasteiger charge is 2.33. The lowest BCUT2D eigenvalue weighted by atomic mass is 10.1. The van der Waals surface area contributed by atoms with Crippen LogP contribution in [0.3, 0.4) is 0 Å². The van der Waals surface area contributed by atoms with Crippen molar-refractivity contribution in [3.05, 3.63) is 35.1 Å². The molecule has 0 aliphatic carbocycles. The molecule has 2 aromatic rings. The Morgan fingerprint density at radius 1 is 1.32 bits per heavy atom. The maximum absolute atomic E-state index is 13.0. The molecule has 3 rings (SSSR count). The molecule has 0 bridgehead atoms. The molecule has 8 heteroatoms. The molecule has 8 nitrogen and oxygen atoms in total. The molecule has 134 valence electrons. The molecule has 2 aromatic heterocycles. The molecule has 25 heavy (non-hydrogen) atoms. The number of ether oxygens (including phenoxy) is 1. The third-order valence-electron chi connectivity index (χ3n) is 4.27. The van der Waals surface area contributed by atoms with Gasteiger partial charge in [0.2, 0.25) is 11.8 Å². The van der Waals surface area contributed by atoms with Gasteiger partial charge >= 0.3 is 0 Å². The van der Waals surface area contributed by atoms with Gasteiger partial charge in [0, 0.05) is 25.3 Å². The molecule has 1 unspecified atom stereocenters. The van der Waals surface area contributed by atoms with Crippen molar-refractivity contribution in [2.45, 2.75) is 26.8 Å². The minimum Gasteiger partial charge on any atom is -0.477 e. The number of aryl methyl sites for hydroxylation is 2. The van der Waals surface area contributed by atoms with Crippen LogP contribution >= 0.6 is 0 Å². The zero-order valence-electron chi connectivity index (χ0n) is 15.0. The van der Waals surface area contributed by atoms with Crippen molar-refractivity contribution in [1.82, 2.24) is 24.9 Å². The number of pyridine rings is 1. The number of rotatable bonds is 4. The largest absolute Gasteiger partial charge is 0.477 e. The Bertz CT molecular complexity index is 760. The summed E-state index contributed by atoms with van der Waals surface area (Å²) in [7, 11) is 1.99. The molecule has 0 N–H and O–H groups in total. The van der Waals surface area contributed by atoms with E-state index in [1.54, 1.807) is 17.9 Å². The van der Waals surface area contributed by atoms with Gasteiger partial charge in [0.15, 0.2) is 5.82 Å². The molecular formula is C17H23N5O3. The summed E-state index contributed by atoms with van der Waals surface area (Å²) in [6.45, 7) is 7.83. The van der Waals surface area contributed by atoms with Crippen LogP contribution in [0.15, 0.2) is 16.7 Å². The number of nitrogens with zero attached hydrogens (tertiary/aromatic N) is 5. The van der Waals surface area contributed by atoms with Crippen LogP contribution in [0.1, 0.15) is 40.7 Å². The molecule has 0 spiro atoms. The predicted octanol–water partition coefficient (Wildman–Crippen LogP) is 1.61. The fourth-order valence-electron chi connectivity index (χ4n) is 2.89. The van der Waals surface area contributed by atoms with Gasteiger partial charge < -0.3 is 14.2 Å². The molecule has 0 aromatic carbocycles. The number of piperazine rings is 1. The molecule has 1 aliphatic rings.